The molecule has 0 bridgehead atoms. The van der Waals surface area contributed by atoms with Gasteiger partial charge in [-0.3, -0.25) is 0 Å². The summed E-state index contributed by atoms with van der Waals surface area (Å²) in [6.07, 6.45) is 3.35. The van der Waals surface area contributed by atoms with E-state index in [-0.39, 0.29) is 5.56 Å². The summed E-state index contributed by atoms with van der Waals surface area (Å²) in [4.78, 5) is 4.22. The highest BCUT2D eigenvalue weighted by Gasteiger charge is 2.12. The Morgan fingerprint density at radius 3 is 2.83 bits per heavy atom. The van der Waals surface area contributed by atoms with Crippen molar-refractivity contribution >= 4 is 11.3 Å². The Balaban J connectivity index is 2.22. The lowest BCUT2D eigenvalue weighted by Crippen LogP contribution is -1.88. The zero-order valence-electron chi connectivity index (χ0n) is 9.27. The molecule has 0 atom stereocenters. The number of pyridine rings is 1. The predicted octanol–water partition coefficient (Wildman–Crippen LogP) is 2.86. The summed E-state index contributed by atoms with van der Waals surface area (Å²) in [6.45, 7) is 0. The van der Waals surface area contributed by atoms with Gasteiger partial charge in [0.1, 0.15) is 5.65 Å². The first-order chi connectivity index (χ1) is 8.65. The molecule has 0 fully saturated rings. The summed E-state index contributed by atoms with van der Waals surface area (Å²) in [5, 5.41) is 0. The van der Waals surface area contributed by atoms with Crippen molar-refractivity contribution in [1.29, 1.82) is 0 Å². The van der Waals surface area contributed by atoms with Crippen LogP contribution in [-0.4, -0.2) is 9.38 Å². The van der Waals surface area contributed by atoms with Gasteiger partial charge in [0.2, 0.25) is 0 Å². The van der Waals surface area contributed by atoms with Crippen LogP contribution in [0.3, 0.4) is 0 Å². The molecule has 0 aliphatic carbocycles. The summed E-state index contributed by atoms with van der Waals surface area (Å²) in [6, 6.07) is 7.39. The molecule has 3 aromatic rings. The Kier molecular flexibility index (Phi) is 2.26. The average molecular weight is 245 g/mol. The van der Waals surface area contributed by atoms with E-state index in [0.717, 1.165) is 6.07 Å². The van der Waals surface area contributed by atoms with Crippen LogP contribution in [0.2, 0.25) is 0 Å². The predicted molar refractivity (Wildman–Crippen MR) is 65.0 cm³/mol. The number of fused-ring (bicyclic) bond motifs is 1. The molecule has 0 spiro atoms. The number of imidazole rings is 1. The highest BCUT2D eigenvalue weighted by Crippen LogP contribution is 2.24. The molecule has 2 aromatic heterocycles. The number of nitrogen functional groups attached to an aromatic ring is 1. The van der Waals surface area contributed by atoms with E-state index in [2.05, 4.69) is 4.98 Å². The van der Waals surface area contributed by atoms with Crippen molar-refractivity contribution < 1.29 is 8.78 Å². The SMILES string of the molecule is Nc1ccn2cc(-c3cccc(F)c3F)nc2c1. The standard InChI is InChI=1S/C13H9F2N3/c14-10-3-1-2-9(13(10)15)11-7-18-5-4-8(16)6-12(18)17-11/h1-7H,16H2. The van der Waals surface area contributed by atoms with Crippen LogP contribution in [-0.2, 0) is 0 Å². The average Bonchev–Trinajstić information content (AvgIpc) is 2.75. The highest BCUT2D eigenvalue weighted by atomic mass is 19.2. The fraction of sp³-hybridized carbons (Fsp3) is 0. The van der Waals surface area contributed by atoms with Crippen molar-refractivity contribution in [3.05, 3.63) is 54.4 Å². The molecule has 90 valence electrons. The Hall–Kier alpha value is -2.43. The number of nitrogens with zero attached hydrogens (tertiary/aromatic N) is 2. The van der Waals surface area contributed by atoms with Gasteiger partial charge in [-0.1, -0.05) is 6.07 Å². The van der Waals surface area contributed by atoms with Crippen LogP contribution in [0.4, 0.5) is 14.5 Å². The zero-order valence-corrected chi connectivity index (χ0v) is 9.27. The molecule has 2 heterocycles. The van der Waals surface area contributed by atoms with Gasteiger partial charge in [0.05, 0.1) is 5.69 Å². The molecule has 0 aliphatic heterocycles. The highest BCUT2D eigenvalue weighted by molar-refractivity contribution is 5.65. The summed E-state index contributed by atoms with van der Waals surface area (Å²) >= 11 is 0. The first kappa shape index (κ1) is 10.7. The van der Waals surface area contributed by atoms with Crippen LogP contribution in [0.5, 0.6) is 0 Å². The van der Waals surface area contributed by atoms with Gasteiger partial charge in [-0.05, 0) is 18.2 Å². The number of rotatable bonds is 1. The van der Waals surface area contributed by atoms with Gasteiger partial charge in [-0.25, -0.2) is 13.8 Å². The van der Waals surface area contributed by atoms with E-state index in [1.807, 2.05) is 0 Å². The van der Waals surface area contributed by atoms with Crippen molar-refractivity contribution in [1.82, 2.24) is 9.38 Å². The van der Waals surface area contributed by atoms with Crippen LogP contribution >= 0.6 is 0 Å². The van der Waals surface area contributed by atoms with E-state index in [9.17, 15) is 8.78 Å². The molecule has 2 N–H and O–H groups in total. The molecule has 0 unspecified atom stereocenters. The van der Waals surface area contributed by atoms with E-state index >= 15 is 0 Å². The second-order valence-corrected chi connectivity index (χ2v) is 3.95. The number of nitrogens with two attached hydrogens (primary N) is 1. The van der Waals surface area contributed by atoms with E-state index in [4.69, 9.17) is 5.73 Å². The summed E-state index contributed by atoms with van der Waals surface area (Å²) in [5.74, 6) is -1.78. The topological polar surface area (TPSA) is 43.3 Å². The third-order valence-electron chi connectivity index (χ3n) is 2.71. The normalized spacial score (nSPS) is 11.0. The van der Waals surface area contributed by atoms with Crippen molar-refractivity contribution in [3.63, 3.8) is 0 Å². The molecule has 5 heteroatoms. The lowest BCUT2D eigenvalue weighted by atomic mass is 10.1. The van der Waals surface area contributed by atoms with E-state index in [0.29, 0.717) is 17.0 Å². The molecule has 0 radical (unpaired) electrons. The minimum atomic E-state index is -0.895. The molecule has 3 nitrogen and oxygen atoms in total. The van der Waals surface area contributed by atoms with Crippen LogP contribution in [0.1, 0.15) is 0 Å². The number of aromatic nitrogens is 2. The molecule has 1 aromatic carbocycles. The summed E-state index contributed by atoms with van der Waals surface area (Å²) < 4.78 is 28.5. The van der Waals surface area contributed by atoms with E-state index in [1.165, 1.54) is 12.1 Å². The first-order valence-corrected chi connectivity index (χ1v) is 5.34. The van der Waals surface area contributed by atoms with Gasteiger partial charge in [-0.15, -0.1) is 0 Å². The molecule has 0 saturated carbocycles. The molecule has 0 amide bonds. The molecule has 0 aliphatic rings. The Morgan fingerprint density at radius 1 is 1.17 bits per heavy atom. The lowest BCUT2D eigenvalue weighted by molar-refractivity contribution is 0.511. The molecule has 3 rings (SSSR count). The van der Waals surface area contributed by atoms with Crippen LogP contribution in [0.25, 0.3) is 16.9 Å². The van der Waals surface area contributed by atoms with Gasteiger partial charge < -0.3 is 10.1 Å². The molecule has 0 saturated heterocycles. The zero-order chi connectivity index (χ0) is 12.7. The summed E-state index contributed by atoms with van der Waals surface area (Å²) in [5.41, 5.74) is 7.31. The quantitative estimate of drug-likeness (QED) is 0.716. The van der Waals surface area contributed by atoms with Crippen molar-refractivity contribution in [2.24, 2.45) is 0 Å². The third-order valence-corrected chi connectivity index (χ3v) is 2.71. The fourth-order valence-corrected chi connectivity index (χ4v) is 1.83. The smallest absolute Gasteiger partial charge is 0.168 e. The fourth-order valence-electron chi connectivity index (χ4n) is 1.83. The second kappa shape index (κ2) is 3.80. The maximum Gasteiger partial charge on any atom is 0.168 e. The van der Waals surface area contributed by atoms with E-state index in [1.54, 1.807) is 28.9 Å². The van der Waals surface area contributed by atoms with E-state index < -0.39 is 11.6 Å². The van der Waals surface area contributed by atoms with Gasteiger partial charge in [-0.2, -0.15) is 0 Å². The van der Waals surface area contributed by atoms with Gasteiger partial charge in [0.25, 0.3) is 0 Å². The third kappa shape index (κ3) is 1.60. The minimum absolute atomic E-state index is 0.136. The number of anilines is 1. The number of halogens is 2. The Bertz CT molecular complexity index is 734. The van der Waals surface area contributed by atoms with Crippen LogP contribution in [0, 0.1) is 11.6 Å². The van der Waals surface area contributed by atoms with Crippen LogP contribution < -0.4 is 5.73 Å². The monoisotopic (exact) mass is 245 g/mol. The lowest BCUT2D eigenvalue weighted by Gasteiger charge is -1.98. The van der Waals surface area contributed by atoms with Crippen LogP contribution in [0.15, 0.2) is 42.7 Å². The maximum absolute atomic E-state index is 13.6. The van der Waals surface area contributed by atoms with Crippen molar-refractivity contribution in [3.8, 4) is 11.3 Å². The first-order valence-electron chi connectivity index (χ1n) is 5.34. The molecular weight excluding hydrogens is 236 g/mol. The largest absolute Gasteiger partial charge is 0.399 e. The van der Waals surface area contributed by atoms with Gasteiger partial charge in [0.15, 0.2) is 11.6 Å². The number of hydrogen-bond donors (Lipinski definition) is 1. The Labute approximate surface area is 101 Å². The van der Waals surface area contributed by atoms with Crippen molar-refractivity contribution in [2.75, 3.05) is 5.73 Å². The molecule has 18 heavy (non-hydrogen) atoms. The maximum atomic E-state index is 13.6. The van der Waals surface area contributed by atoms with Crippen molar-refractivity contribution in [2.45, 2.75) is 0 Å². The molecular formula is C13H9F2N3. The van der Waals surface area contributed by atoms with Gasteiger partial charge >= 0.3 is 0 Å². The second-order valence-electron chi connectivity index (χ2n) is 3.95. The van der Waals surface area contributed by atoms with Gasteiger partial charge in [0, 0.05) is 29.7 Å². The number of hydrogen-bond acceptors (Lipinski definition) is 2. The number of benzene rings is 1. The minimum Gasteiger partial charge on any atom is -0.399 e. The Morgan fingerprint density at radius 2 is 2.00 bits per heavy atom. The summed E-state index contributed by atoms with van der Waals surface area (Å²) in [7, 11) is 0.